The summed E-state index contributed by atoms with van der Waals surface area (Å²) in [6.45, 7) is 4.29. The summed E-state index contributed by atoms with van der Waals surface area (Å²) in [5.74, 6) is 0.985. The molecule has 20 heavy (non-hydrogen) atoms. The molecular weight excluding hydrogens is 260 g/mol. The highest BCUT2D eigenvalue weighted by Crippen LogP contribution is 2.29. The van der Waals surface area contributed by atoms with Gasteiger partial charge in [-0.25, -0.2) is 0 Å². The lowest BCUT2D eigenvalue weighted by molar-refractivity contribution is -0.385. The molecule has 1 atom stereocenters. The second-order valence-corrected chi connectivity index (χ2v) is 4.85. The second-order valence-electron chi connectivity index (χ2n) is 4.85. The van der Waals surface area contributed by atoms with Gasteiger partial charge in [0.25, 0.3) is 5.69 Å². The van der Waals surface area contributed by atoms with Gasteiger partial charge >= 0.3 is 0 Å². The van der Waals surface area contributed by atoms with E-state index < -0.39 is 4.92 Å². The van der Waals surface area contributed by atoms with E-state index in [0.717, 1.165) is 32.4 Å². The summed E-state index contributed by atoms with van der Waals surface area (Å²) in [7, 11) is 0. The SMILES string of the molecule is CCCOc1cc(O[C@H]2CCCNC2)cc([N+](=O)[O-])c1. The van der Waals surface area contributed by atoms with E-state index in [1.165, 1.54) is 12.1 Å². The first-order chi connectivity index (χ1) is 9.69. The minimum Gasteiger partial charge on any atom is -0.493 e. The lowest BCUT2D eigenvalue weighted by atomic mass is 10.1. The van der Waals surface area contributed by atoms with Crippen LogP contribution in [0.5, 0.6) is 11.5 Å². The molecule has 0 unspecified atom stereocenters. The van der Waals surface area contributed by atoms with Crippen molar-refractivity contribution in [2.45, 2.75) is 32.3 Å². The van der Waals surface area contributed by atoms with Crippen LogP contribution in [0.1, 0.15) is 26.2 Å². The van der Waals surface area contributed by atoms with Crippen molar-refractivity contribution >= 4 is 5.69 Å². The number of non-ortho nitro benzene ring substituents is 1. The molecule has 0 amide bonds. The molecule has 1 saturated heterocycles. The first kappa shape index (κ1) is 14.6. The molecule has 0 bridgehead atoms. The number of hydrogen-bond acceptors (Lipinski definition) is 5. The van der Waals surface area contributed by atoms with Gasteiger partial charge in [0.2, 0.25) is 0 Å². The molecule has 1 N–H and O–H groups in total. The maximum absolute atomic E-state index is 11.0. The van der Waals surface area contributed by atoms with Crippen molar-refractivity contribution in [3.8, 4) is 11.5 Å². The molecule has 6 nitrogen and oxygen atoms in total. The molecule has 0 aromatic heterocycles. The van der Waals surface area contributed by atoms with Crippen LogP contribution >= 0.6 is 0 Å². The topological polar surface area (TPSA) is 73.6 Å². The molecule has 0 saturated carbocycles. The van der Waals surface area contributed by atoms with Crippen LogP contribution in [0, 0.1) is 10.1 Å². The van der Waals surface area contributed by atoms with E-state index in [-0.39, 0.29) is 11.8 Å². The Hall–Kier alpha value is -1.82. The predicted octanol–water partition coefficient (Wildman–Crippen LogP) is 2.51. The molecule has 1 fully saturated rings. The lowest BCUT2D eigenvalue weighted by Gasteiger charge is -2.24. The third-order valence-electron chi connectivity index (χ3n) is 3.10. The van der Waals surface area contributed by atoms with Gasteiger partial charge in [-0.15, -0.1) is 0 Å². The molecule has 6 heteroatoms. The van der Waals surface area contributed by atoms with Crippen molar-refractivity contribution in [2.75, 3.05) is 19.7 Å². The van der Waals surface area contributed by atoms with Gasteiger partial charge < -0.3 is 14.8 Å². The third kappa shape index (κ3) is 4.09. The summed E-state index contributed by atoms with van der Waals surface area (Å²) in [6, 6.07) is 4.60. The summed E-state index contributed by atoms with van der Waals surface area (Å²) in [4.78, 5) is 10.5. The Morgan fingerprint density at radius 2 is 2.20 bits per heavy atom. The Kier molecular flexibility index (Phi) is 5.17. The number of piperidine rings is 1. The van der Waals surface area contributed by atoms with Crippen LogP contribution in [0.4, 0.5) is 5.69 Å². The van der Waals surface area contributed by atoms with Crippen LogP contribution in [-0.4, -0.2) is 30.7 Å². The average molecular weight is 280 g/mol. The highest BCUT2D eigenvalue weighted by atomic mass is 16.6. The van der Waals surface area contributed by atoms with E-state index in [2.05, 4.69) is 5.32 Å². The van der Waals surface area contributed by atoms with Crippen molar-refractivity contribution in [1.29, 1.82) is 0 Å². The van der Waals surface area contributed by atoms with Gasteiger partial charge in [-0.3, -0.25) is 10.1 Å². The van der Waals surface area contributed by atoms with Crippen molar-refractivity contribution in [1.82, 2.24) is 5.32 Å². The minimum absolute atomic E-state index is 0.00243. The van der Waals surface area contributed by atoms with E-state index in [1.807, 2.05) is 6.92 Å². The van der Waals surface area contributed by atoms with Crippen LogP contribution in [-0.2, 0) is 0 Å². The summed E-state index contributed by atoms with van der Waals surface area (Å²) >= 11 is 0. The van der Waals surface area contributed by atoms with Gasteiger partial charge in [-0.05, 0) is 25.8 Å². The number of ether oxygens (including phenoxy) is 2. The van der Waals surface area contributed by atoms with Crippen LogP contribution < -0.4 is 14.8 Å². The van der Waals surface area contributed by atoms with Crippen LogP contribution in [0.25, 0.3) is 0 Å². The Labute approximate surface area is 118 Å². The fourth-order valence-corrected chi connectivity index (χ4v) is 2.15. The largest absolute Gasteiger partial charge is 0.493 e. The maximum Gasteiger partial charge on any atom is 0.276 e. The number of nitro groups is 1. The van der Waals surface area contributed by atoms with Gasteiger partial charge in [0.05, 0.1) is 23.7 Å². The Balaban J connectivity index is 2.12. The van der Waals surface area contributed by atoms with E-state index in [4.69, 9.17) is 9.47 Å². The normalized spacial score (nSPS) is 18.6. The van der Waals surface area contributed by atoms with E-state index in [0.29, 0.717) is 18.1 Å². The van der Waals surface area contributed by atoms with Crippen molar-refractivity contribution in [3.05, 3.63) is 28.3 Å². The highest BCUT2D eigenvalue weighted by Gasteiger charge is 2.17. The summed E-state index contributed by atoms with van der Waals surface area (Å²) in [6.07, 6.45) is 2.93. The Bertz CT molecular complexity index is 458. The first-order valence-corrected chi connectivity index (χ1v) is 6.98. The number of hydrogen-bond donors (Lipinski definition) is 1. The van der Waals surface area contributed by atoms with E-state index in [9.17, 15) is 10.1 Å². The molecule has 1 aromatic rings. The number of benzene rings is 1. The monoisotopic (exact) mass is 280 g/mol. The molecule has 1 aliphatic rings. The van der Waals surface area contributed by atoms with E-state index >= 15 is 0 Å². The minimum atomic E-state index is -0.426. The second kappa shape index (κ2) is 7.09. The number of nitrogens with one attached hydrogen (secondary N) is 1. The van der Waals surface area contributed by atoms with Crippen molar-refractivity contribution in [3.63, 3.8) is 0 Å². The molecule has 2 rings (SSSR count). The van der Waals surface area contributed by atoms with Crippen LogP contribution in [0.3, 0.4) is 0 Å². The molecule has 0 aliphatic carbocycles. The molecule has 1 aliphatic heterocycles. The van der Waals surface area contributed by atoms with Gasteiger partial charge in [-0.2, -0.15) is 0 Å². The highest BCUT2D eigenvalue weighted by molar-refractivity contribution is 5.46. The summed E-state index contributed by atoms with van der Waals surface area (Å²) in [5.41, 5.74) is -0.00243. The summed E-state index contributed by atoms with van der Waals surface area (Å²) < 4.78 is 11.3. The van der Waals surface area contributed by atoms with Crippen LogP contribution in [0.15, 0.2) is 18.2 Å². The molecule has 1 aromatic carbocycles. The summed E-state index contributed by atoms with van der Waals surface area (Å²) in [5, 5.41) is 14.2. The number of rotatable bonds is 6. The predicted molar refractivity (Wildman–Crippen MR) is 75.4 cm³/mol. The van der Waals surface area contributed by atoms with Gasteiger partial charge in [0, 0.05) is 12.6 Å². The van der Waals surface area contributed by atoms with Gasteiger partial charge in [0.1, 0.15) is 17.6 Å². The maximum atomic E-state index is 11.0. The Morgan fingerprint density at radius 1 is 1.40 bits per heavy atom. The third-order valence-corrected chi connectivity index (χ3v) is 3.10. The van der Waals surface area contributed by atoms with Gasteiger partial charge in [0.15, 0.2) is 0 Å². The molecule has 1 heterocycles. The zero-order valence-corrected chi connectivity index (χ0v) is 11.6. The smallest absolute Gasteiger partial charge is 0.276 e. The van der Waals surface area contributed by atoms with Crippen molar-refractivity contribution in [2.24, 2.45) is 0 Å². The zero-order chi connectivity index (χ0) is 14.4. The molecule has 0 spiro atoms. The quantitative estimate of drug-likeness (QED) is 0.640. The Morgan fingerprint density at radius 3 is 2.85 bits per heavy atom. The fraction of sp³-hybridized carbons (Fsp3) is 0.571. The average Bonchev–Trinajstić information content (AvgIpc) is 2.46. The fourth-order valence-electron chi connectivity index (χ4n) is 2.15. The standard InChI is InChI=1S/C14H20N2O4/c1-2-6-19-13-7-11(16(17)18)8-14(9-13)20-12-4-3-5-15-10-12/h7-9,12,15H,2-6,10H2,1H3/t12-/m0/s1. The van der Waals surface area contributed by atoms with E-state index in [1.54, 1.807) is 6.07 Å². The van der Waals surface area contributed by atoms with Gasteiger partial charge in [-0.1, -0.05) is 6.92 Å². The first-order valence-electron chi connectivity index (χ1n) is 6.98. The molecule has 110 valence electrons. The number of nitrogens with zero attached hydrogens (tertiary/aromatic N) is 1. The number of nitro benzene ring substituents is 1. The zero-order valence-electron chi connectivity index (χ0n) is 11.6. The lowest BCUT2D eigenvalue weighted by Crippen LogP contribution is -2.37. The molecular formula is C14H20N2O4. The van der Waals surface area contributed by atoms with Crippen molar-refractivity contribution < 1.29 is 14.4 Å². The van der Waals surface area contributed by atoms with Crippen LogP contribution in [0.2, 0.25) is 0 Å². The molecule has 0 radical (unpaired) electrons.